The van der Waals surface area contributed by atoms with E-state index in [0.717, 1.165) is 18.5 Å². The zero-order valence-electron chi connectivity index (χ0n) is 9.26. The van der Waals surface area contributed by atoms with Crippen LogP contribution >= 0.6 is 0 Å². The molecule has 0 saturated heterocycles. The third kappa shape index (κ3) is 1.78. The summed E-state index contributed by atoms with van der Waals surface area (Å²) in [4.78, 5) is 14.1. The molecule has 1 aromatic rings. The minimum Gasteiger partial charge on any atom is -0.481 e. The van der Waals surface area contributed by atoms with Gasteiger partial charge in [-0.25, -0.2) is 0 Å². The molecule has 0 spiro atoms. The van der Waals surface area contributed by atoms with Crippen molar-refractivity contribution in [1.29, 1.82) is 0 Å². The lowest BCUT2D eigenvalue weighted by Crippen LogP contribution is -2.05. The predicted octanol–water partition coefficient (Wildman–Crippen LogP) is 2.39. The van der Waals surface area contributed by atoms with Crippen molar-refractivity contribution in [3.05, 3.63) is 22.5 Å². The number of H-pyrrole nitrogens is 1. The van der Waals surface area contributed by atoms with Crippen molar-refractivity contribution in [3.8, 4) is 0 Å². The van der Waals surface area contributed by atoms with E-state index in [0.29, 0.717) is 0 Å². The van der Waals surface area contributed by atoms with E-state index in [2.05, 4.69) is 4.98 Å². The van der Waals surface area contributed by atoms with E-state index in [1.807, 2.05) is 13.8 Å². The fourth-order valence-corrected chi connectivity index (χ4v) is 2.73. The number of rotatable bonds is 3. The lowest BCUT2D eigenvalue weighted by Gasteiger charge is -2.10. The molecule has 3 nitrogen and oxygen atoms in total. The average molecular weight is 207 g/mol. The van der Waals surface area contributed by atoms with Gasteiger partial charge in [-0.1, -0.05) is 6.92 Å². The van der Waals surface area contributed by atoms with E-state index in [-0.39, 0.29) is 12.3 Å². The first-order valence-corrected chi connectivity index (χ1v) is 5.51. The highest BCUT2D eigenvalue weighted by atomic mass is 16.4. The Kier molecular flexibility index (Phi) is 2.55. The number of carbonyl (C=O) groups is 1. The fraction of sp³-hybridized carbons (Fsp3) is 0.583. The van der Waals surface area contributed by atoms with Gasteiger partial charge in [0, 0.05) is 11.4 Å². The summed E-state index contributed by atoms with van der Waals surface area (Å²) < 4.78 is 0. The Bertz CT molecular complexity index is 393. The number of carboxylic acids is 1. The molecule has 0 aromatic carbocycles. The van der Waals surface area contributed by atoms with Gasteiger partial charge < -0.3 is 10.1 Å². The third-order valence-electron chi connectivity index (χ3n) is 3.26. The molecule has 0 amide bonds. The highest BCUT2D eigenvalue weighted by Crippen LogP contribution is 2.33. The second-order valence-electron chi connectivity index (χ2n) is 4.47. The standard InChI is InChI=1S/C12H17NO2/c1-7(6-11(14)15)12-8(2)13-10-5-3-4-9(10)12/h7,13H,3-6H2,1-2H3,(H,14,15). The van der Waals surface area contributed by atoms with Gasteiger partial charge in [0.2, 0.25) is 0 Å². The van der Waals surface area contributed by atoms with Crippen molar-refractivity contribution in [1.82, 2.24) is 4.98 Å². The Balaban J connectivity index is 2.31. The van der Waals surface area contributed by atoms with Gasteiger partial charge in [-0.2, -0.15) is 0 Å². The van der Waals surface area contributed by atoms with Crippen molar-refractivity contribution in [2.45, 2.75) is 45.4 Å². The summed E-state index contributed by atoms with van der Waals surface area (Å²) in [5.41, 5.74) is 5.14. The van der Waals surface area contributed by atoms with Gasteiger partial charge in [-0.05, 0) is 43.2 Å². The molecule has 1 atom stereocenters. The van der Waals surface area contributed by atoms with Crippen molar-refractivity contribution in [2.75, 3.05) is 0 Å². The van der Waals surface area contributed by atoms with Crippen LogP contribution in [0.5, 0.6) is 0 Å². The molecular formula is C12H17NO2. The van der Waals surface area contributed by atoms with E-state index < -0.39 is 5.97 Å². The maximum Gasteiger partial charge on any atom is 0.303 e. The van der Waals surface area contributed by atoms with Crippen LogP contribution in [0.15, 0.2) is 0 Å². The van der Waals surface area contributed by atoms with Gasteiger partial charge in [-0.15, -0.1) is 0 Å². The Morgan fingerprint density at radius 1 is 1.53 bits per heavy atom. The van der Waals surface area contributed by atoms with Crippen LogP contribution in [0.2, 0.25) is 0 Å². The number of aromatic nitrogens is 1. The number of hydrogen-bond donors (Lipinski definition) is 2. The van der Waals surface area contributed by atoms with Crippen LogP contribution in [0.3, 0.4) is 0 Å². The van der Waals surface area contributed by atoms with Gasteiger partial charge in [0.25, 0.3) is 0 Å². The average Bonchev–Trinajstić information content (AvgIpc) is 2.60. The fourth-order valence-electron chi connectivity index (χ4n) is 2.73. The largest absolute Gasteiger partial charge is 0.481 e. The summed E-state index contributed by atoms with van der Waals surface area (Å²) in [5, 5.41) is 8.81. The first-order valence-electron chi connectivity index (χ1n) is 5.51. The molecule has 1 aliphatic rings. The third-order valence-corrected chi connectivity index (χ3v) is 3.26. The summed E-state index contributed by atoms with van der Waals surface area (Å²) in [6.07, 6.45) is 3.66. The van der Waals surface area contributed by atoms with E-state index >= 15 is 0 Å². The van der Waals surface area contributed by atoms with Crippen molar-refractivity contribution in [2.24, 2.45) is 0 Å². The molecule has 0 saturated carbocycles. The van der Waals surface area contributed by atoms with Gasteiger partial charge >= 0.3 is 5.97 Å². The molecule has 1 aliphatic carbocycles. The lowest BCUT2D eigenvalue weighted by molar-refractivity contribution is -0.137. The molecule has 1 unspecified atom stereocenters. The highest BCUT2D eigenvalue weighted by Gasteiger charge is 2.24. The first kappa shape index (κ1) is 10.3. The van der Waals surface area contributed by atoms with Crippen LogP contribution in [-0.2, 0) is 17.6 Å². The number of fused-ring (bicyclic) bond motifs is 1. The van der Waals surface area contributed by atoms with E-state index in [1.54, 1.807) is 0 Å². The number of nitrogens with one attached hydrogen (secondary N) is 1. The smallest absolute Gasteiger partial charge is 0.303 e. The molecular weight excluding hydrogens is 190 g/mol. The number of carboxylic acid groups (broad SMARTS) is 1. The molecule has 1 aromatic heterocycles. The SMILES string of the molecule is Cc1[nH]c2c(c1C(C)CC(=O)O)CCC2. The second kappa shape index (κ2) is 3.72. The summed E-state index contributed by atoms with van der Waals surface area (Å²) in [6.45, 7) is 4.05. The number of aliphatic carboxylic acids is 1. The second-order valence-corrected chi connectivity index (χ2v) is 4.47. The minimum atomic E-state index is -0.713. The van der Waals surface area contributed by atoms with Crippen LogP contribution in [0.4, 0.5) is 0 Å². The lowest BCUT2D eigenvalue weighted by atomic mass is 9.93. The molecule has 15 heavy (non-hydrogen) atoms. The normalized spacial score (nSPS) is 16.4. The van der Waals surface area contributed by atoms with E-state index in [4.69, 9.17) is 5.11 Å². The summed E-state index contributed by atoms with van der Waals surface area (Å²) in [6, 6.07) is 0. The zero-order valence-corrected chi connectivity index (χ0v) is 9.26. The quantitative estimate of drug-likeness (QED) is 0.799. The molecule has 0 aliphatic heterocycles. The predicted molar refractivity (Wildman–Crippen MR) is 58.2 cm³/mol. The topological polar surface area (TPSA) is 53.1 Å². The molecule has 2 N–H and O–H groups in total. The van der Waals surface area contributed by atoms with Crippen LogP contribution < -0.4 is 0 Å². The maximum absolute atomic E-state index is 10.7. The van der Waals surface area contributed by atoms with Gasteiger partial charge in [0.05, 0.1) is 6.42 Å². The summed E-state index contributed by atoms with van der Waals surface area (Å²) >= 11 is 0. The Morgan fingerprint density at radius 3 is 2.93 bits per heavy atom. The van der Waals surface area contributed by atoms with E-state index in [9.17, 15) is 4.79 Å². The molecule has 0 radical (unpaired) electrons. The van der Waals surface area contributed by atoms with Gasteiger partial charge in [-0.3, -0.25) is 4.79 Å². The van der Waals surface area contributed by atoms with Crippen LogP contribution in [-0.4, -0.2) is 16.1 Å². The van der Waals surface area contributed by atoms with Crippen LogP contribution in [0.25, 0.3) is 0 Å². The highest BCUT2D eigenvalue weighted by molar-refractivity contribution is 5.68. The molecule has 2 rings (SSSR count). The molecule has 1 heterocycles. The van der Waals surface area contributed by atoms with Crippen molar-refractivity contribution < 1.29 is 9.90 Å². The van der Waals surface area contributed by atoms with Crippen molar-refractivity contribution in [3.63, 3.8) is 0 Å². The minimum absolute atomic E-state index is 0.126. The zero-order chi connectivity index (χ0) is 11.0. The Hall–Kier alpha value is -1.25. The number of aromatic amines is 1. The number of hydrogen-bond acceptors (Lipinski definition) is 1. The summed E-state index contributed by atoms with van der Waals surface area (Å²) in [5.74, 6) is -0.588. The molecule has 0 bridgehead atoms. The summed E-state index contributed by atoms with van der Waals surface area (Å²) in [7, 11) is 0. The van der Waals surface area contributed by atoms with Gasteiger partial charge in [0.15, 0.2) is 0 Å². The first-order chi connectivity index (χ1) is 7.09. The number of aryl methyl sites for hydroxylation is 2. The van der Waals surface area contributed by atoms with Crippen molar-refractivity contribution >= 4 is 5.97 Å². The van der Waals surface area contributed by atoms with Gasteiger partial charge in [0.1, 0.15) is 0 Å². The monoisotopic (exact) mass is 207 g/mol. The maximum atomic E-state index is 10.7. The molecule has 3 heteroatoms. The molecule has 0 fully saturated rings. The molecule has 82 valence electrons. The van der Waals surface area contributed by atoms with E-state index in [1.165, 1.54) is 23.2 Å². The van der Waals surface area contributed by atoms with Crippen LogP contribution in [0, 0.1) is 6.92 Å². The van der Waals surface area contributed by atoms with Crippen LogP contribution in [0.1, 0.15) is 48.2 Å². The Labute approximate surface area is 89.5 Å². The Morgan fingerprint density at radius 2 is 2.27 bits per heavy atom.